The van der Waals surface area contributed by atoms with Crippen molar-refractivity contribution in [1.82, 2.24) is 0 Å². The van der Waals surface area contributed by atoms with Gasteiger partial charge in [-0.05, 0) is 25.1 Å². The maximum absolute atomic E-state index is 13.2. The zero-order chi connectivity index (χ0) is 12.6. The van der Waals surface area contributed by atoms with E-state index in [-0.39, 0.29) is 16.7 Å². The molecular weight excluding hydrogens is 243 g/mol. The molecule has 0 fully saturated rings. The number of halogens is 1. The van der Waals surface area contributed by atoms with Gasteiger partial charge in [-0.25, -0.2) is 12.8 Å². The third-order valence-electron chi connectivity index (χ3n) is 2.74. The number of fused-ring (bicyclic) bond motifs is 1. The van der Waals surface area contributed by atoms with Gasteiger partial charge < -0.3 is 10.6 Å². The van der Waals surface area contributed by atoms with Crippen LogP contribution in [0.15, 0.2) is 23.1 Å². The van der Waals surface area contributed by atoms with Crippen molar-refractivity contribution in [3.8, 4) is 0 Å². The summed E-state index contributed by atoms with van der Waals surface area (Å²) in [5.74, 6) is -0.381. The topological polar surface area (TPSA) is 63.4 Å². The summed E-state index contributed by atoms with van der Waals surface area (Å²) in [6, 6.07) is 3.67. The third-order valence-corrected chi connectivity index (χ3v) is 4.47. The summed E-state index contributed by atoms with van der Waals surface area (Å²) in [6.45, 7) is 2.72. The Labute approximate surface area is 100 Å². The fourth-order valence-electron chi connectivity index (χ4n) is 2.00. The average Bonchev–Trinajstić information content (AvgIpc) is 2.22. The first kappa shape index (κ1) is 12.3. The van der Waals surface area contributed by atoms with Crippen molar-refractivity contribution in [3.63, 3.8) is 0 Å². The van der Waals surface area contributed by atoms with E-state index in [1.54, 1.807) is 0 Å². The molecule has 1 aliphatic heterocycles. The van der Waals surface area contributed by atoms with Crippen molar-refractivity contribution in [2.24, 2.45) is 5.73 Å². The van der Waals surface area contributed by atoms with Crippen LogP contribution in [0.1, 0.15) is 6.92 Å². The van der Waals surface area contributed by atoms with Gasteiger partial charge in [0, 0.05) is 19.1 Å². The molecule has 2 rings (SSSR count). The van der Waals surface area contributed by atoms with Crippen LogP contribution in [0.3, 0.4) is 0 Å². The third kappa shape index (κ3) is 2.42. The average molecular weight is 258 g/mol. The molecule has 0 amide bonds. The zero-order valence-corrected chi connectivity index (χ0v) is 10.4. The van der Waals surface area contributed by atoms with Gasteiger partial charge in [0.05, 0.1) is 16.3 Å². The molecule has 0 spiro atoms. The second kappa shape index (κ2) is 4.27. The maximum Gasteiger partial charge on any atom is 0.182 e. The summed E-state index contributed by atoms with van der Waals surface area (Å²) in [7, 11) is -3.28. The number of rotatable bonds is 2. The molecular formula is C11H15FN2O2S. The molecule has 0 bridgehead atoms. The van der Waals surface area contributed by atoms with Crippen molar-refractivity contribution in [2.45, 2.75) is 17.9 Å². The molecule has 1 atom stereocenters. The van der Waals surface area contributed by atoms with Crippen LogP contribution in [0.2, 0.25) is 0 Å². The summed E-state index contributed by atoms with van der Waals surface area (Å²) in [4.78, 5) is 2.02. The summed E-state index contributed by atoms with van der Waals surface area (Å²) in [6.07, 6.45) is 0. The molecule has 0 saturated heterocycles. The van der Waals surface area contributed by atoms with E-state index in [2.05, 4.69) is 0 Å². The molecule has 17 heavy (non-hydrogen) atoms. The second-order valence-electron chi connectivity index (χ2n) is 4.35. The quantitative estimate of drug-likeness (QED) is 0.796. The predicted octanol–water partition coefficient (Wildman–Crippen LogP) is 0.767. The summed E-state index contributed by atoms with van der Waals surface area (Å²) in [5, 5.41) is 0. The van der Waals surface area contributed by atoms with E-state index in [0.717, 1.165) is 0 Å². The van der Waals surface area contributed by atoms with E-state index in [1.807, 2.05) is 11.8 Å². The second-order valence-corrected chi connectivity index (χ2v) is 6.43. The molecule has 1 aromatic rings. The number of nitrogens with zero attached hydrogens (tertiary/aromatic N) is 1. The maximum atomic E-state index is 13.2. The highest BCUT2D eigenvalue weighted by Gasteiger charge is 2.28. The van der Waals surface area contributed by atoms with Crippen LogP contribution in [-0.2, 0) is 9.84 Å². The Balaban J connectivity index is 2.49. The number of anilines is 1. The van der Waals surface area contributed by atoms with Gasteiger partial charge in [0.15, 0.2) is 9.84 Å². The number of hydrogen-bond acceptors (Lipinski definition) is 4. The van der Waals surface area contributed by atoms with E-state index >= 15 is 0 Å². The molecule has 1 aromatic carbocycles. The first-order chi connectivity index (χ1) is 7.90. The Hall–Kier alpha value is -1.14. The van der Waals surface area contributed by atoms with Crippen molar-refractivity contribution in [1.29, 1.82) is 0 Å². The highest BCUT2D eigenvalue weighted by atomic mass is 32.2. The molecule has 0 radical (unpaired) electrons. The minimum atomic E-state index is -3.28. The highest BCUT2D eigenvalue weighted by molar-refractivity contribution is 7.91. The van der Waals surface area contributed by atoms with Crippen LogP contribution in [0.4, 0.5) is 10.1 Å². The fraction of sp³-hybridized carbons (Fsp3) is 0.455. The molecule has 6 heteroatoms. The van der Waals surface area contributed by atoms with Gasteiger partial charge in [-0.15, -0.1) is 0 Å². The van der Waals surface area contributed by atoms with Gasteiger partial charge in [-0.3, -0.25) is 0 Å². The van der Waals surface area contributed by atoms with Crippen LogP contribution >= 0.6 is 0 Å². The first-order valence-electron chi connectivity index (χ1n) is 5.43. The number of hydrogen-bond donors (Lipinski definition) is 1. The lowest BCUT2D eigenvalue weighted by molar-refractivity contribution is 0.582. The Bertz CT molecular complexity index is 528. The van der Waals surface area contributed by atoms with Crippen LogP contribution in [0.25, 0.3) is 0 Å². The Morgan fingerprint density at radius 3 is 2.88 bits per heavy atom. The van der Waals surface area contributed by atoms with E-state index < -0.39 is 15.7 Å². The smallest absolute Gasteiger partial charge is 0.182 e. The largest absolute Gasteiger partial charge is 0.368 e. The van der Waals surface area contributed by atoms with Crippen molar-refractivity contribution in [3.05, 3.63) is 24.0 Å². The fourth-order valence-corrected chi connectivity index (χ4v) is 3.46. The van der Waals surface area contributed by atoms with Crippen molar-refractivity contribution >= 4 is 15.5 Å². The monoisotopic (exact) mass is 258 g/mol. The van der Waals surface area contributed by atoms with Crippen LogP contribution in [0.5, 0.6) is 0 Å². The standard InChI is InChI=1S/C11H15FN2O2S/c1-8(13)7-14-4-5-17(15,16)11-3-2-9(12)6-10(11)14/h2-3,6,8H,4-5,7,13H2,1H3. The number of sulfone groups is 1. The number of nitrogens with two attached hydrogens (primary N) is 1. The molecule has 4 nitrogen and oxygen atoms in total. The summed E-state index contributed by atoms with van der Waals surface area (Å²) >= 11 is 0. The summed E-state index contributed by atoms with van der Waals surface area (Å²) < 4.78 is 36.9. The Kier molecular flexibility index (Phi) is 3.09. The first-order valence-corrected chi connectivity index (χ1v) is 7.08. The highest BCUT2D eigenvalue weighted by Crippen LogP contribution is 2.31. The number of benzene rings is 1. The van der Waals surface area contributed by atoms with Gasteiger partial charge >= 0.3 is 0 Å². The SMILES string of the molecule is CC(N)CN1CCS(=O)(=O)c2ccc(F)cc21. The van der Waals surface area contributed by atoms with Crippen LogP contribution < -0.4 is 10.6 Å². The van der Waals surface area contributed by atoms with Crippen LogP contribution in [-0.4, -0.2) is 33.3 Å². The Morgan fingerprint density at radius 1 is 1.53 bits per heavy atom. The minimum Gasteiger partial charge on any atom is -0.368 e. The molecule has 0 aromatic heterocycles. The molecule has 2 N–H and O–H groups in total. The van der Waals surface area contributed by atoms with E-state index in [0.29, 0.717) is 18.8 Å². The molecule has 1 aliphatic rings. The van der Waals surface area contributed by atoms with E-state index in [1.165, 1.54) is 18.2 Å². The molecule has 1 unspecified atom stereocenters. The lowest BCUT2D eigenvalue weighted by atomic mass is 10.2. The molecule has 0 saturated carbocycles. The molecule has 0 aliphatic carbocycles. The van der Waals surface area contributed by atoms with Gasteiger partial charge in [-0.2, -0.15) is 0 Å². The summed E-state index contributed by atoms with van der Waals surface area (Å²) in [5.41, 5.74) is 6.13. The van der Waals surface area contributed by atoms with E-state index in [4.69, 9.17) is 5.73 Å². The van der Waals surface area contributed by atoms with Gasteiger partial charge in [-0.1, -0.05) is 0 Å². The predicted molar refractivity (Wildman–Crippen MR) is 64.3 cm³/mol. The Morgan fingerprint density at radius 2 is 2.24 bits per heavy atom. The lowest BCUT2D eigenvalue weighted by Crippen LogP contribution is -2.41. The van der Waals surface area contributed by atoms with Crippen LogP contribution in [0, 0.1) is 5.82 Å². The minimum absolute atomic E-state index is 0.0539. The molecule has 94 valence electrons. The van der Waals surface area contributed by atoms with E-state index in [9.17, 15) is 12.8 Å². The van der Waals surface area contributed by atoms with Gasteiger partial charge in [0.1, 0.15) is 5.82 Å². The lowest BCUT2D eigenvalue weighted by Gasteiger charge is -2.32. The van der Waals surface area contributed by atoms with Gasteiger partial charge in [0.25, 0.3) is 0 Å². The zero-order valence-electron chi connectivity index (χ0n) is 9.56. The van der Waals surface area contributed by atoms with Gasteiger partial charge in [0.2, 0.25) is 0 Å². The molecule has 1 heterocycles. The van der Waals surface area contributed by atoms with Crippen molar-refractivity contribution in [2.75, 3.05) is 23.7 Å². The normalized spacial score (nSPS) is 19.8. The van der Waals surface area contributed by atoms with Crippen molar-refractivity contribution < 1.29 is 12.8 Å².